The van der Waals surface area contributed by atoms with Crippen LogP contribution in [0.3, 0.4) is 0 Å². The Balaban J connectivity index is 1.93. The number of para-hydroxylation sites is 1. The molecule has 114 valence electrons. The fraction of sp³-hybridized carbons (Fsp3) is 0.188. The van der Waals surface area contributed by atoms with Crippen LogP contribution in [0.5, 0.6) is 0 Å². The third kappa shape index (κ3) is 2.82. The van der Waals surface area contributed by atoms with E-state index in [0.29, 0.717) is 12.4 Å². The smallest absolute Gasteiger partial charge is 0.179 e. The van der Waals surface area contributed by atoms with Gasteiger partial charge in [-0.3, -0.25) is 0 Å². The number of sulfone groups is 1. The maximum absolute atomic E-state index is 11.9. The molecule has 2 heterocycles. The molecule has 1 aromatic carbocycles. The highest BCUT2D eigenvalue weighted by atomic mass is 32.2. The van der Waals surface area contributed by atoms with E-state index < -0.39 is 9.84 Å². The molecule has 0 radical (unpaired) electrons. The van der Waals surface area contributed by atoms with Crippen LogP contribution in [0.15, 0.2) is 58.0 Å². The topological polar surface area (TPSA) is 63.4 Å². The fourth-order valence-corrected chi connectivity index (χ4v) is 3.25. The van der Waals surface area contributed by atoms with E-state index in [4.69, 9.17) is 4.42 Å². The lowest BCUT2D eigenvalue weighted by molar-refractivity contribution is 0.544. The molecule has 0 saturated heterocycles. The minimum absolute atomic E-state index is 0.216. The zero-order valence-electron chi connectivity index (χ0n) is 12.4. The Morgan fingerprint density at radius 3 is 2.68 bits per heavy atom. The van der Waals surface area contributed by atoms with Gasteiger partial charge in [-0.25, -0.2) is 13.4 Å². The summed E-state index contributed by atoms with van der Waals surface area (Å²) in [6.07, 6.45) is 2.77. The van der Waals surface area contributed by atoms with Gasteiger partial charge < -0.3 is 9.32 Å². The summed E-state index contributed by atoms with van der Waals surface area (Å²) in [7, 11) is -1.53. The van der Waals surface area contributed by atoms with E-state index in [0.717, 1.165) is 16.7 Å². The van der Waals surface area contributed by atoms with Gasteiger partial charge in [0.25, 0.3) is 0 Å². The highest BCUT2D eigenvalue weighted by Crippen LogP contribution is 2.25. The number of furan rings is 1. The Morgan fingerprint density at radius 2 is 1.95 bits per heavy atom. The molecular weight excluding hydrogens is 300 g/mol. The second-order valence-corrected chi connectivity index (χ2v) is 7.19. The first-order chi connectivity index (χ1) is 10.4. The van der Waals surface area contributed by atoms with E-state index in [1.165, 1.54) is 6.26 Å². The fourth-order valence-electron chi connectivity index (χ4n) is 2.38. The zero-order chi connectivity index (χ0) is 15.7. The van der Waals surface area contributed by atoms with Crippen LogP contribution >= 0.6 is 0 Å². The summed E-state index contributed by atoms with van der Waals surface area (Å²) in [5.41, 5.74) is 0.815. The number of pyridine rings is 1. The maximum atomic E-state index is 11.9. The van der Waals surface area contributed by atoms with Gasteiger partial charge in [0, 0.05) is 24.9 Å². The molecule has 0 aliphatic rings. The van der Waals surface area contributed by atoms with E-state index in [1.54, 1.807) is 30.3 Å². The lowest BCUT2D eigenvalue weighted by atomic mass is 10.2. The minimum Gasteiger partial charge on any atom is -0.459 e. The van der Waals surface area contributed by atoms with Crippen molar-refractivity contribution in [2.75, 3.05) is 18.2 Å². The second-order valence-electron chi connectivity index (χ2n) is 5.20. The largest absolute Gasteiger partial charge is 0.459 e. The van der Waals surface area contributed by atoms with Crippen LogP contribution in [0.1, 0.15) is 5.76 Å². The van der Waals surface area contributed by atoms with Crippen molar-refractivity contribution in [2.45, 2.75) is 11.4 Å². The first kappa shape index (κ1) is 14.6. The van der Waals surface area contributed by atoms with Crippen molar-refractivity contribution < 1.29 is 12.8 Å². The summed E-state index contributed by atoms with van der Waals surface area (Å²) < 4.78 is 29.5. The molecule has 0 saturated carbocycles. The van der Waals surface area contributed by atoms with Gasteiger partial charge in [-0.15, -0.1) is 0 Å². The van der Waals surface area contributed by atoms with Crippen LogP contribution in [0.4, 0.5) is 5.82 Å². The van der Waals surface area contributed by atoms with Crippen molar-refractivity contribution in [1.82, 2.24) is 4.98 Å². The first-order valence-corrected chi connectivity index (χ1v) is 8.68. The molecule has 0 bridgehead atoms. The van der Waals surface area contributed by atoms with Crippen molar-refractivity contribution in [2.24, 2.45) is 0 Å². The number of aromatic nitrogens is 1. The predicted molar refractivity (Wildman–Crippen MR) is 85.7 cm³/mol. The van der Waals surface area contributed by atoms with E-state index in [9.17, 15) is 8.42 Å². The Hall–Kier alpha value is -2.34. The maximum Gasteiger partial charge on any atom is 0.179 e. The van der Waals surface area contributed by atoms with Crippen LogP contribution in [0, 0.1) is 0 Å². The van der Waals surface area contributed by atoms with Gasteiger partial charge in [0.15, 0.2) is 9.84 Å². The second kappa shape index (κ2) is 5.46. The number of hydrogen-bond acceptors (Lipinski definition) is 5. The molecule has 0 atom stereocenters. The van der Waals surface area contributed by atoms with Gasteiger partial charge in [0.05, 0.1) is 6.54 Å². The van der Waals surface area contributed by atoms with Crippen LogP contribution in [-0.4, -0.2) is 26.7 Å². The van der Waals surface area contributed by atoms with Gasteiger partial charge in [-0.1, -0.05) is 18.2 Å². The molecule has 0 amide bonds. The van der Waals surface area contributed by atoms with Gasteiger partial charge in [0.2, 0.25) is 0 Å². The molecule has 3 rings (SSSR count). The molecule has 2 aromatic heterocycles. The predicted octanol–water partition coefficient (Wildman–Crippen LogP) is 2.87. The van der Waals surface area contributed by atoms with Crippen molar-refractivity contribution in [3.8, 4) is 0 Å². The average molecular weight is 316 g/mol. The van der Waals surface area contributed by atoms with Crippen molar-refractivity contribution in [3.63, 3.8) is 0 Å². The molecule has 3 aromatic rings. The van der Waals surface area contributed by atoms with Crippen LogP contribution in [0.25, 0.3) is 11.0 Å². The van der Waals surface area contributed by atoms with Crippen LogP contribution in [0.2, 0.25) is 0 Å². The van der Waals surface area contributed by atoms with Gasteiger partial charge in [-0.2, -0.15) is 0 Å². The van der Waals surface area contributed by atoms with E-state index in [-0.39, 0.29) is 4.90 Å². The molecule has 0 aliphatic carbocycles. The zero-order valence-corrected chi connectivity index (χ0v) is 13.2. The lowest BCUT2D eigenvalue weighted by Crippen LogP contribution is -2.20. The van der Waals surface area contributed by atoms with E-state index >= 15 is 0 Å². The monoisotopic (exact) mass is 316 g/mol. The first-order valence-electron chi connectivity index (χ1n) is 6.79. The van der Waals surface area contributed by atoms with Crippen molar-refractivity contribution in [1.29, 1.82) is 0 Å². The Bertz CT molecular complexity index is 883. The number of nitrogens with zero attached hydrogens (tertiary/aromatic N) is 2. The molecule has 0 spiro atoms. The minimum atomic E-state index is -3.33. The number of fused-ring (bicyclic) bond motifs is 1. The third-order valence-electron chi connectivity index (χ3n) is 3.38. The number of anilines is 1. The molecule has 22 heavy (non-hydrogen) atoms. The van der Waals surface area contributed by atoms with Crippen LogP contribution in [-0.2, 0) is 16.4 Å². The average Bonchev–Trinajstić information content (AvgIpc) is 2.88. The Kier molecular flexibility index (Phi) is 3.62. The van der Waals surface area contributed by atoms with Gasteiger partial charge in [-0.05, 0) is 24.3 Å². The summed E-state index contributed by atoms with van der Waals surface area (Å²) in [5.74, 6) is 1.18. The molecule has 0 aliphatic heterocycles. The third-order valence-corrected chi connectivity index (χ3v) is 4.50. The quantitative estimate of drug-likeness (QED) is 0.740. The van der Waals surface area contributed by atoms with Gasteiger partial charge in [0.1, 0.15) is 22.1 Å². The van der Waals surface area contributed by atoms with Gasteiger partial charge >= 0.3 is 0 Å². The highest BCUT2D eigenvalue weighted by Gasteiger charge is 2.18. The standard InChI is InChI=1S/C16H16N2O3S/c1-18(16-15(22(2,19)20)8-5-9-17-16)11-13-10-12-6-3-4-7-14(12)21-13/h3-10H,11H2,1-2H3. The number of benzene rings is 1. The summed E-state index contributed by atoms with van der Waals surface area (Å²) in [6.45, 7) is 0.439. The number of rotatable bonds is 4. The summed E-state index contributed by atoms with van der Waals surface area (Å²) in [6, 6.07) is 12.9. The molecule has 5 nitrogen and oxygen atoms in total. The van der Waals surface area contributed by atoms with Crippen molar-refractivity contribution >= 4 is 26.6 Å². The van der Waals surface area contributed by atoms with E-state index in [1.807, 2.05) is 30.3 Å². The lowest BCUT2D eigenvalue weighted by Gasteiger charge is -2.19. The van der Waals surface area contributed by atoms with Crippen LogP contribution < -0.4 is 4.90 Å². The summed E-state index contributed by atoms with van der Waals surface area (Å²) in [4.78, 5) is 6.19. The molecule has 0 unspecified atom stereocenters. The van der Waals surface area contributed by atoms with Crippen molar-refractivity contribution in [3.05, 3.63) is 54.4 Å². The summed E-state index contributed by atoms with van der Waals surface area (Å²) >= 11 is 0. The normalized spacial score (nSPS) is 11.7. The molecule has 0 fully saturated rings. The molecular formula is C16H16N2O3S. The Morgan fingerprint density at radius 1 is 1.18 bits per heavy atom. The summed E-state index contributed by atoms with van der Waals surface area (Å²) in [5, 5.41) is 1.02. The SMILES string of the molecule is CN(Cc1cc2ccccc2o1)c1ncccc1S(C)(=O)=O. The number of hydrogen-bond donors (Lipinski definition) is 0. The molecule has 0 N–H and O–H groups in total. The van der Waals surface area contributed by atoms with E-state index in [2.05, 4.69) is 4.98 Å². The Labute approximate surface area is 129 Å². The highest BCUT2D eigenvalue weighted by molar-refractivity contribution is 7.90. The molecule has 6 heteroatoms.